The van der Waals surface area contributed by atoms with E-state index >= 15 is 0 Å². The number of aromatic nitrogens is 3. The van der Waals surface area contributed by atoms with Crippen LogP contribution < -0.4 is 20.7 Å². The van der Waals surface area contributed by atoms with Crippen LogP contribution in [-0.2, 0) is 4.74 Å². The summed E-state index contributed by atoms with van der Waals surface area (Å²) in [4.78, 5) is 37.7. The zero-order valence-corrected chi connectivity index (χ0v) is 23.8. The summed E-state index contributed by atoms with van der Waals surface area (Å²) in [5, 5.41) is 8.62. The second kappa shape index (κ2) is 12.9. The third-order valence-corrected chi connectivity index (χ3v) is 5.80. The third-order valence-electron chi connectivity index (χ3n) is 5.80. The molecule has 0 saturated carbocycles. The number of carbonyl (C=O) groups excluding carboxylic acids is 2. The molecule has 41 heavy (non-hydrogen) atoms. The number of nitrogens with zero attached hydrogens (tertiary/aromatic N) is 3. The van der Waals surface area contributed by atoms with E-state index in [2.05, 4.69) is 25.9 Å². The highest BCUT2D eigenvalue weighted by atomic mass is 16.6. The predicted molar refractivity (Wildman–Crippen MR) is 158 cm³/mol. The number of ether oxygens (including phenoxy) is 2. The molecule has 4 aromatic rings. The average molecular weight is 555 g/mol. The van der Waals surface area contributed by atoms with E-state index in [0.717, 1.165) is 22.6 Å². The van der Waals surface area contributed by atoms with Gasteiger partial charge < -0.3 is 25.4 Å². The average Bonchev–Trinajstić information content (AvgIpc) is 2.93. The van der Waals surface area contributed by atoms with E-state index in [4.69, 9.17) is 14.5 Å². The highest BCUT2D eigenvalue weighted by Crippen LogP contribution is 2.33. The van der Waals surface area contributed by atoms with Crippen LogP contribution in [0.4, 0.5) is 16.3 Å². The molecule has 212 valence electrons. The van der Waals surface area contributed by atoms with Crippen molar-refractivity contribution in [1.29, 1.82) is 0 Å². The van der Waals surface area contributed by atoms with Gasteiger partial charge in [-0.1, -0.05) is 6.07 Å². The van der Waals surface area contributed by atoms with Gasteiger partial charge in [0.15, 0.2) is 5.75 Å². The first-order chi connectivity index (χ1) is 19.6. The van der Waals surface area contributed by atoms with Crippen LogP contribution in [0, 0.1) is 13.8 Å². The van der Waals surface area contributed by atoms with Crippen molar-refractivity contribution in [2.45, 2.75) is 40.2 Å². The van der Waals surface area contributed by atoms with Crippen LogP contribution in [-0.4, -0.2) is 45.6 Å². The van der Waals surface area contributed by atoms with Crippen molar-refractivity contribution in [2.24, 2.45) is 0 Å². The Kier molecular flexibility index (Phi) is 9.13. The lowest BCUT2D eigenvalue weighted by atomic mass is 10.1. The van der Waals surface area contributed by atoms with E-state index < -0.39 is 11.7 Å². The molecule has 0 unspecified atom stereocenters. The fourth-order valence-electron chi connectivity index (χ4n) is 3.72. The van der Waals surface area contributed by atoms with Crippen LogP contribution in [0.15, 0.2) is 73.1 Å². The van der Waals surface area contributed by atoms with Crippen molar-refractivity contribution in [2.75, 3.05) is 18.4 Å². The van der Waals surface area contributed by atoms with Crippen molar-refractivity contribution in [3.63, 3.8) is 0 Å². The van der Waals surface area contributed by atoms with Gasteiger partial charge in [0.2, 0.25) is 0 Å². The standard InChI is InChI=1S/C31H34N6O4/c1-20-18-26(28(36-21(20)2)25-8-6-7-14-32-25)40-24-13-15-33-27(19-24)37-23-11-9-22(10-12-23)29(38)34-16-17-35-30(39)41-31(3,4)5/h6-15,18-19H,16-17H2,1-5H3,(H,33,37)(H,34,38)(H,35,39). The van der Waals surface area contributed by atoms with Gasteiger partial charge in [-0.25, -0.2) is 14.8 Å². The Morgan fingerprint density at radius 3 is 2.34 bits per heavy atom. The number of hydrogen-bond donors (Lipinski definition) is 3. The maximum atomic E-state index is 12.5. The quantitative estimate of drug-likeness (QED) is 0.217. The third kappa shape index (κ3) is 8.50. The number of alkyl carbamates (subject to hydrolysis) is 1. The molecule has 0 aliphatic heterocycles. The summed E-state index contributed by atoms with van der Waals surface area (Å²) >= 11 is 0. The van der Waals surface area contributed by atoms with Gasteiger partial charge in [-0.3, -0.25) is 9.78 Å². The van der Waals surface area contributed by atoms with Crippen molar-refractivity contribution in [3.05, 3.63) is 89.9 Å². The van der Waals surface area contributed by atoms with Crippen molar-refractivity contribution in [3.8, 4) is 22.9 Å². The summed E-state index contributed by atoms with van der Waals surface area (Å²) in [6, 6.07) is 18.2. The maximum absolute atomic E-state index is 12.5. The summed E-state index contributed by atoms with van der Waals surface area (Å²) < 4.78 is 11.4. The van der Waals surface area contributed by atoms with Crippen LogP contribution in [0.1, 0.15) is 42.4 Å². The van der Waals surface area contributed by atoms with E-state index in [1.54, 1.807) is 69.6 Å². The minimum absolute atomic E-state index is 0.248. The molecule has 0 atom stereocenters. The lowest BCUT2D eigenvalue weighted by Gasteiger charge is -2.19. The fraction of sp³-hybridized carbons (Fsp3) is 0.258. The molecule has 10 heteroatoms. The van der Waals surface area contributed by atoms with Gasteiger partial charge in [-0.15, -0.1) is 0 Å². The summed E-state index contributed by atoms with van der Waals surface area (Å²) in [5.41, 5.74) is 3.96. The Morgan fingerprint density at radius 2 is 1.63 bits per heavy atom. The molecular formula is C31H34N6O4. The van der Waals surface area contributed by atoms with Gasteiger partial charge in [0.05, 0.1) is 5.69 Å². The van der Waals surface area contributed by atoms with Gasteiger partial charge in [-0.2, -0.15) is 0 Å². The van der Waals surface area contributed by atoms with Crippen molar-refractivity contribution in [1.82, 2.24) is 25.6 Å². The zero-order valence-electron chi connectivity index (χ0n) is 23.8. The Morgan fingerprint density at radius 1 is 0.878 bits per heavy atom. The number of carbonyl (C=O) groups is 2. The normalized spacial score (nSPS) is 11.0. The minimum atomic E-state index is -0.575. The number of amides is 2. The van der Waals surface area contributed by atoms with Crippen LogP contribution in [0.25, 0.3) is 11.4 Å². The molecule has 3 aromatic heterocycles. The van der Waals surface area contributed by atoms with E-state index in [-0.39, 0.29) is 19.0 Å². The SMILES string of the molecule is Cc1cc(Oc2ccnc(Nc3ccc(C(=O)NCCNC(=O)OC(C)(C)C)cc3)c2)c(-c2ccccn2)nc1C. The van der Waals surface area contributed by atoms with Gasteiger partial charge >= 0.3 is 6.09 Å². The summed E-state index contributed by atoms with van der Waals surface area (Å²) in [6.07, 6.45) is 2.85. The fourth-order valence-corrected chi connectivity index (χ4v) is 3.72. The van der Waals surface area contributed by atoms with E-state index in [1.165, 1.54) is 0 Å². The maximum Gasteiger partial charge on any atom is 0.407 e. The van der Waals surface area contributed by atoms with E-state index in [9.17, 15) is 9.59 Å². The number of hydrogen-bond acceptors (Lipinski definition) is 8. The summed E-state index contributed by atoms with van der Waals surface area (Å²) in [7, 11) is 0. The molecule has 0 aliphatic rings. The summed E-state index contributed by atoms with van der Waals surface area (Å²) in [5.74, 6) is 1.51. The number of aryl methyl sites for hydroxylation is 2. The van der Waals surface area contributed by atoms with Gasteiger partial charge in [-0.05, 0) is 88.7 Å². The Labute approximate surface area is 239 Å². The molecule has 0 bridgehead atoms. The molecular weight excluding hydrogens is 520 g/mol. The molecule has 10 nitrogen and oxygen atoms in total. The topological polar surface area (TPSA) is 127 Å². The second-order valence-corrected chi connectivity index (χ2v) is 10.3. The van der Waals surface area contributed by atoms with E-state index in [1.807, 2.05) is 38.1 Å². The van der Waals surface area contributed by atoms with Gasteiger partial charge in [0, 0.05) is 48.5 Å². The van der Waals surface area contributed by atoms with Gasteiger partial charge in [0.1, 0.15) is 22.9 Å². The lowest BCUT2D eigenvalue weighted by molar-refractivity contribution is 0.0526. The Hall–Kier alpha value is -4.99. The van der Waals surface area contributed by atoms with Gasteiger partial charge in [0.25, 0.3) is 5.91 Å². The smallest absolute Gasteiger partial charge is 0.407 e. The first-order valence-electron chi connectivity index (χ1n) is 13.2. The van der Waals surface area contributed by atoms with Crippen molar-refractivity contribution >= 4 is 23.5 Å². The minimum Gasteiger partial charge on any atom is -0.455 e. The highest BCUT2D eigenvalue weighted by molar-refractivity contribution is 5.94. The molecule has 0 fully saturated rings. The highest BCUT2D eigenvalue weighted by Gasteiger charge is 2.16. The molecule has 0 saturated heterocycles. The first-order valence-corrected chi connectivity index (χ1v) is 13.2. The second-order valence-electron chi connectivity index (χ2n) is 10.3. The lowest BCUT2D eigenvalue weighted by Crippen LogP contribution is -2.37. The number of anilines is 2. The van der Waals surface area contributed by atoms with Crippen LogP contribution in [0.5, 0.6) is 11.5 Å². The summed E-state index contributed by atoms with van der Waals surface area (Å²) in [6.45, 7) is 9.84. The molecule has 3 heterocycles. The molecule has 0 radical (unpaired) electrons. The first kappa shape index (κ1) is 29.0. The molecule has 0 aliphatic carbocycles. The zero-order chi connectivity index (χ0) is 29.4. The van der Waals surface area contributed by atoms with Crippen LogP contribution >= 0.6 is 0 Å². The van der Waals surface area contributed by atoms with Crippen molar-refractivity contribution < 1.29 is 19.1 Å². The Balaban J connectivity index is 1.36. The number of pyridine rings is 3. The Bertz CT molecular complexity index is 1500. The van der Waals surface area contributed by atoms with Crippen LogP contribution in [0.3, 0.4) is 0 Å². The number of nitrogens with one attached hydrogen (secondary N) is 3. The van der Waals surface area contributed by atoms with Crippen LogP contribution in [0.2, 0.25) is 0 Å². The van der Waals surface area contributed by atoms with E-state index in [0.29, 0.717) is 28.6 Å². The molecule has 1 aromatic carbocycles. The monoisotopic (exact) mass is 554 g/mol. The predicted octanol–water partition coefficient (Wildman–Crippen LogP) is 5.95. The largest absolute Gasteiger partial charge is 0.455 e. The molecule has 2 amide bonds. The molecule has 3 N–H and O–H groups in total. The number of benzene rings is 1. The molecule has 4 rings (SSSR count). The number of rotatable bonds is 9. The molecule has 0 spiro atoms.